The Bertz CT molecular complexity index is 584. The fourth-order valence-electron chi connectivity index (χ4n) is 0.960. The van der Waals surface area contributed by atoms with E-state index < -0.39 is 10.0 Å². The predicted octanol–water partition coefficient (Wildman–Crippen LogP) is 1.39. The van der Waals surface area contributed by atoms with E-state index in [9.17, 15) is 8.42 Å². The van der Waals surface area contributed by atoms with E-state index in [2.05, 4.69) is 19.3 Å². The van der Waals surface area contributed by atoms with Crippen molar-refractivity contribution in [3.63, 3.8) is 0 Å². The molecular weight excluding hydrogens is 272 g/mol. The number of halogens is 1. The molecule has 0 atom stereocenters. The molecule has 9 heteroatoms. The summed E-state index contributed by atoms with van der Waals surface area (Å²) >= 11 is 6.70. The van der Waals surface area contributed by atoms with E-state index in [1.807, 2.05) is 0 Å². The van der Waals surface area contributed by atoms with Crippen molar-refractivity contribution in [3.05, 3.63) is 29.7 Å². The zero-order valence-corrected chi connectivity index (χ0v) is 10.1. The number of pyridine rings is 1. The third-order valence-electron chi connectivity index (χ3n) is 1.62. The molecule has 0 saturated heterocycles. The standard InChI is InChI=1S/C7H5ClN4O2S2/c8-5-1-2-9-3-6(5)16(13,14)11-7-4-10-12-15-7/h1-4,11H. The first kappa shape index (κ1) is 11.2. The van der Waals surface area contributed by atoms with Crippen LogP contribution >= 0.6 is 23.1 Å². The highest BCUT2D eigenvalue weighted by molar-refractivity contribution is 7.93. The lowest BCUT2D eigenvalue weighted by atomic mass is 10.5. The highest BCUT2D eigenvalue weighted by Gasteiger charge is 2.18. The van der Waals surface area contributed by atoms with Crippen LogP contribution in [0.3, 0.4) is 0 Å². The van der Waals surface area contributed by atoms with Crippen LogP contribution in [0.2, 0.25) is 5.02 Å². The molecule has 0 aromatic carbocycles. The molecule has 0 unspecified atom stereocenters. The molecule has 2 aromatic rings. The number of aromatic nitrogens is 3. The van der Waals surface area contributed by atoms with Gasteiger partial charge in [-0.2, -0.15) is 0 Å². The minimum absolute atomic E-state index is 0.0786. The molecule has 0 aliphatic carbocycles. The highest BCUT2D eigenvalue weighted by atomic mass is 35.5. The molecule has 0 saturated carbocycles. The van der Waals surface area contributed by atoms with Crippen LogP contribution in [0.1, 0.15) is 0 Å². The Labute approximate surface area is 101 Å². The van der Waals surface area contributed by atoms with Crippen molar-refractivity contribution >= 4 is 38.2 Å². The van der Waals surface area contributed by atoms with Crippen molar-refractivity contribution < 1.29 is 8.42 Å². The van der Waals surface area contributed by atoms with Gasteiger partial charge < -0.3 is 0 Å². The number of anilines is 1. The lowest BCUT2D eigenvalue weighted by Gasteiger charge is -2.05. The maximum absolute atomic E-state index is 11.8. The van der Waals surface area contributed by atoms with Gasteiger partial charge in [0, 0.05) is 23.9 Å². The van der Waals surface area contributed by atoms with E-state index in [0.717, 1.165) is 11.5 Å². The van der Waals surface area contributed by atoms with Crippen LogP contribution in [0.25, 0.3) is 0 Å². The van der Waals surface area contributed by atoms with E-state index in [1.165, 1.54) is 24.7 Å². The van der Waals surface area contributed by atoms with Crippen molar-refractivity contribution in [3.8, 4) is 0 Å². The first-order chi connectivity index (χ1) is 7.59. The third-order valence-corrected chi connectivity index (χ3v) is 4.16. The van der Waals surface area contributed by atoms with Gasteiger partial charge in [-0.3, -0.25) is 9.71 Å². The summed E-state index contributed by atoms with van der Waals surface area (Å²) < 4.78 is 29.5. The minimum atomic E-state index is -3.73. The molecule has 0 bridgehead atoms. The molecule has 0 aliphatic heterocycles. The quantitative estimate of drug-likeness (QED) is 0.916. The van der Waals surface area contributed by atoms with Gasteiger partial charge in [-0.25, -0.2) is 8.42 Å². The Morgan fingerprint density at radius 3 is 2.81 bits per heavy atom. The topological polar surface area (TPSA) is 84.8 Å². The van der Waals surface area contributed by atoms with Gasteiger partial charge in [0.2, 0.25) is 0 Å². The van der Waals surface area contributed by atoms with Gasteiger partial charge in [0.25, 0.3) is 10.0 Å². The maximum atomic E-state index is 11.8. The van der Waals surface area contributed by atoms with Gasteiger partial charge in [0.05, 0.1) is 11.2 Å². The van der Waals surface area contributed by atoms with E-state index in [1.54, 1.807) is 0 Å². The zero-order chi connectivity index (χ0) is 11.6. The van der Waals surface area contributed by atoms with Crippen LogP contribution in [0, 0.1) is 0 Å². The van der Waals surface area contributed by atoms with Gasteiger partial charge >= 0.3 is 0 Å². The lowest BCUT2D eigenvalue weighted by molar-refractivity contribution is 0.601. The smallest absolute Gasteiger partial charge is 0.265 e. The van der Waals surface area contributed by atoms with Gasteiger partial charge in [0.15, 0.2) is 0 Å². The molecule has 0 amide bonds. The minimum Gasteiger partial charge on any atom is -0.268 e. The summed E-state index contributed by atoms with van der Waals surface area (Å²) in [6.45, 7) is 0. The van der Waals surface area contributed by atoms with Crippen molar-refractivity contribution in [2.24, 2.45) is 0 Å². The molecule has 0 radical (unpaired) electrons. The molecule has 2 rings (SSSR count). The van der Waals surface area contributed by atoms with Crippen LogP contribution in [-0.2, 0) is 10.0 Å². The van der Waals surface area contributed by atoms with Crippen LogP contribution in [-0.4, -0.2) is 23.0 Å². The summed E-state index contributed by atoms with van der Waals surface area (Å²) in [7, 11) is -3.73. The zero-order valence-electron chi connectivity index (χ0n) is 7.66. The first-order valence-corrected chi connectivity index (χ1v) is 6.63. The molecule has 6 nitrogen and oxygen atoms in total. The number of nitrogens with zero attached hydrogens (tertiary/aromatic N) is 3. The fourth-order valence-corrected chi connectivity index (χ4v) is 3.08. The molecule has 84 valence electrons. The molecule has 1 N–H and O–H groups in total. The average Bonchev–Trinajstić information content (AvgIpc) is 2.70. The Morgan fingerprint density at radius 2 is 2.19 bits per heavy atom. The van der Waals surface area contributed by atoms with E-state index >= 15 is 0 Å². The normalized spacial score (nSPS) is 11.3. The Hall–Kier alpha value is -1.25. The van der Waals surface area contributed by atoms with Gasteiger partial charge in [0.1, 0.15) is 9.90 Å². The summed E-state index contributed by atoms with van der Waals surface area (Å²) in [4.78, 5) is 3.63. The van der Waals surface area contributed by atoms with E-state index in [-0.39, 0.29) is 9.92 Å². The van der Waals surface area contributed by atoms with Crippen LogP contribution in [0.15, 0.2) is 29.6 Å². The second-order valence-electron chi connectivity index (χ2n) is 2.69. The summed E-state index contributed by atoms with van der Waals surface area (Å²) in [6, 6.07) is 1.40. The Morgan fingerprint density at radius 1 is 1.38 bits per heavy atom. The fraction of sp³-hybridized carbons (Fsp3) is 0. The second kappa shape index (κ2) is 4.32. The Kier molecular flexibility index (Phi) is 3.03. The van der Waals surface area contributed by atoms with Crippen LogP contribution in [0.4, 0.5) is 5.00 Å². The molecule has 0 spiro atoms. The largest absolute Gasteiger partial charge is 0.268 e. The molecule has 16 heavy (non-hydrogen) atoms. The number of sulfonamides is 1. The first-order valence-electron chi connectivity index (χ1n) is 3.99. The van der Waals surface area contributed by atoms with Crippen LogP contribution < -0.4 is 4.72 Å². The van der Waals surface area contributed by atoms with Crippen molar-refractivity contribution in [1.29, 1.82) is 0 Å². The molecule has 0 aliphatic rings. The Balaban J connectivity index is 2.37. The van der Waals surface area contributed by atoms with E-state index in [0.29, 0.717) is 5.00 Å². The average molecular weight is 277 g/mol. The van der Waals surface area contributed by atoms with Gasteiger partial charge in [-0.1, -0.05) is 16.1 Å². The predicted molar refractivity (Wildman–Crippen MR) is 60.0 cm³/mol. The third kappa shape index (κ3) is 2.29. The van der Waals surface area contributed by atoms with Gasteiger partial charge in [-0.15, -0.1) is 5.10 Å². The van der Waals surface area contributed by atoms with Crippen molar-refractivity contribution in [2.75, 3.05) is 4.72 Å². The van der Waals surface area contributed by atoms with Gasteiger partial charge in [-0.05, 0) is 6.07 Å². The van der Waals surface area contributed by atoms with Crippen molar-refractivity contribution in [1.82, 2.24) is 14.6 Å². The summed E-state index contributed by atoms with van der Waals surface area (Å²) in [6.07, 6.45) is 3.90. The molecular formula is C7H5ClN4O2S2. The molecule has 0 fully saturated rings. The number of rotatable bonds is 3. The monoisotopic (exact) mass is 276 g/mol. The second-order valence-corrected chi connectivity index (χ2v) is 5.54. The number of hydrogen-bond donors (Lipinski definition) is 1. The lowest BCUT2D eigenvalue weighted by Crippen LogP contribution is -2.12. The summed E-state index contributed by atoms with van der Waals surface area (Å²) in [5.41, 5.74) is 0. The SMILES string of the molecule is O=S(=O)(Nc1cnns1)c1cnccc1Cl. The number of hydrogen-bond acceptors (Lipinski definition) is 6. The highest BCUT2D eigenvalue weighted by Crippen LogP contribution is 2.22. The number of nitrogens with one attached hydrogen (secondary N) is 1. The molecule has 2 heterocycles. The maximum Gasteiger partial charge on any atom is 0.265 e. The van der Waals surface area contributed by atoms with Crippen molar-refractivity contribution in [2.45, 2.75) is 4.90 Å². The summed E-state index contributed by atoms with van der Waals surface area (Å²) in [5, 5.41) is 3.95. The molecule has 2 aromatic heterocycles. The van der Waals surface area contributed by atoms with Crippen LogP contribution in [0.5, 0.6) is 0 Å². The summed E-state index contributed by atoms with van der Waals surface area (Å²) in [5.74, 6) is 0. The van der Waals surface area contributed by atoms with E-state index in [4.69, 9.17) is 11.6 Å².